The summed E-state index contributed by atoms with van der Waals surface area (Å²) in [6, 6.07) is 3.29. The van der Waals surface area contributed by atoms with Gasteiger partial charge in [-0.2, -0.15) is 11.3 Å². The van der Waals surface area contributed by atoms with Gasteiger partial charge in [-0.05, 0) is 42.7 Å². The molecule has 0 saturated carbocycles. The third-order valence-electron chi connectivity index (χ3n) is 2.19. The topological polar surface area (TPSA) is 12.0 Å². The Bertz CT molecular complexity index is 206. The molecule has 0 saturated heterocycles. The molecule has 1 nitrogen and oxygen atoms in total. The summed E-state index contributed by atoms with van der Waals surface area (Å²) in [5.74, 6) is 0. The lowest BCUT2D eigenvalue weighted by Gasteiger charge is -2.17. The quantitative estimate of drug-likeness (QED) is 0.756. The van der Waals surface area contributed by atoms with Gasteiger partial charge in [0, 0.05) is 12.1 Å². The Kier molecular flexibility index (Phi) is 3.76. The standard InChI is InChI=1S/C10H17NS/c1-4-8(2)11-9(3)10-5-6-12-7-10/h5-9,11H,4H2,1-3H3. The molecule has 1 N–H and O–H groups in total. The monoisotopic (exact) mass is 183 g/mol. The van der Waals surface area contributed by atoms with Crippen molar-refractivity contribution in [3.05, 3.63) is 22.4 Å². The van der Waals surface area contributed by atoms with Gasteiger partial charge in [-0.15, -0.1) is 0 Å². The van der Waals surface area contributed by atoms with Crippen LogP contribution in [0.2, 0.25) is 0 Å². The summed E-state index contributed by atoms with van der Waals surface area (Å²) >= 11 is 1.76. The number of nitrogens with one attached hydrogen (secondary N) is 1. The molecule has 0 aliphatic heterocycles. The predicted molar refractivity (Wildman–Crippen MR) is 55.6 cm³/mol. The van der Waals surface area contributed by atoms with Crippen molar-refractivity contribution in [3.63, 3.8) is 0 Å². The highest BCUT2D eigenvalue weighted by Gasteiger charge is 2.07. The van der Waals surface area contributed by atoms with E-state index >= 15 is 0 Å². The maximum Gasteiger partial charge on any atom is 0.0302 e. The molecule has 12 heavy (non-hydrogen) atoms. The van der Waals surface area contributed by atoms with Gasteiger partial charge in [-0.25, -0.2) is 0 Å². The van der Waals surface area contributed by atoms with Gasteiger partial charge in [0.2, 0.25) is 0 Å². The average Bonchev–Trinajstić information content (AvgIpc) is 2.56. The molecule has 1 aromatic heterocycles. The Hall–Kier alpha value is -0.340. The van der Waals surface area contributed by atoms with E-state index in [0.717, 1.165) is 0 Å². The lowest BCUT2D eigenvalue weighted by Crippen LogP contribution is -2.27. The van der Waals surface area contributed by atoms with Crippen molar-refractivity contribution < 1.29 is 0 Å². The number of thiophene rings is 1. The van der Waals surface area contributed by atoms with E-state index in [4.69, 9.17) is 0 Å². The van der Waals surface area contributed by atoms with Crippen LogP contribution in [0.1, 0.15) is 38.8 Å². The Morgan fingerprint density at radius 2 is 2.25 bits per heavy atom. The number of hydrogen-bond acceptors (Lipinski definition) is 2. The lowest BCUT2D eigenvalue weighted by atomic mass is 10.1. The van der Waals surface area contributed by atoms with Crippen molar-refractivity contribution in [2.75, 3.05) is 0 Å². The van der Waals surface area contributed by atoms with Crippen LogP contribution in [-0.2, 0) is 0 Å². The van der Waals surface area contributed by atoms with Crippen molar-refractivity contribution in [2.45, 2.75) is 39.3 Å². The van der Waals surface area contributed by atoms with E-state index in [1.807, 2.05) is 0 Å². The van der Waals surface area contributed by atoms with E-state index in [9.17, 15) is 0 Å². The fourth-order valence-electron chi connectivity index (χ4n) is 1.16. The third kappa shape index (κ3) is 2.61. The van der Waals surface area contributed by atoms with Crippen molar-refractivity contribution in [2.24, 2.45) is 0 Å². The molecular formula is C10H17NS. The zero-order chi connectivity index (χ0) is 8.97. The minimum Gasteiger partial charge on any atom is -0.308 e. The first kappa shape index (κ1) is 9.75. The van der Waals surface area contributed by atoms with Gasteiger partial charge in [0.25, 0.3) is 0 Å². The van der Waals surface area contributed by atoms with E-state index in [1.165, 1.54) is 12.0 Å². The van der Waals surface area contributed by atoms with Gasteiger partial charge in [0.1, 0.15) is 0 Å². The van der Waals surface area contributed by atoms with Crippen molar-refractivity contribution in [1.82, 2.24) is 5.32 Å². The van der Waals surface area contributed by atoms with Crippen LogP contribution in [0.5, 0.6) is 0 Å². The SMILES string of the molecule is CCC(C)NC(C)c1ccsc1. The molecule has 0 bridgehead atoms. The summed E-state index contributed by atoms with van der Waals surface area (Å²) in [4.78, 5) is 0. The first-order valence-electron chi connectivity index (χ1n) is 4.52. The fourth-order valence-corrected chi connectivity index (χ4v) is 1.92. The van der Waals surface area contributed by atoms with E-state index in [0.29, 0.717) is 12.1 Å². The smallest absolute Gasteiger partial charge is 0.0302 e. The minimum atomic E-state index is 0.492. The molecule has 0 aromatic carbocycles. The first-order chi connectivity index (χ1) is 5.74. The third-order valence-corrected chi connectivity index (χ3v) is 2.89. The van der Waals surface area contributed by atoms with E-state index < -0.39 is 0 Å². The van der Waals surface area contributed by atoms with E-state index in [-0.39, 0.29) is 0 Å². The Labute approximate surface area is 78.8 Å². The second-order valence-corrected chi connectivity index (χ2v) is 4.03. The molecule has 1 rings (SSSR count). The summed E-state index contributed by atoms with van der Waals surface area (Å²) in [5, 5.41) is 7.88. The Morgan fingerprint density at radius 1 is 1.50 bits per heavy atom. The predicted octanol–water partition coefficient (Wildman–Crippen LogP) is 3.20. The second-order valence-electron chi connectivity index (χ2n) is 3.25. The molecule has 1 heterocycles. The summed E-state index contributed by atoms with van der Waals surface area (Å²) in [6.45, 7) is 6.65. The van der Waals surface area contributed by atoms with Crippen LogP contribution < -0.4 is 5.32 Å². The molecule has 0 aliphatic rings. The highest BCUT2D eigenvalue weighted by molar-refractivity contribution is 7.07. The maximum atomic E-state index is 3.54. The molecule has 68 valence electrons. The summed E-state index contributed by atoms with van der Waals surface area (Å²) in [5.41, 5.74) is 1.40. The van der Waals surface area contributed by atoms with Gasteiger partial charge < -0.3 is 5.32 Å². The molecule has 2 atom stereocenters. The minimum absolute atomic E-state index is 0.492. The fraction of sp³-hybridized carbons (Fsp3) is 0.600. The van der Waals surface area contributed by atoms with Crippen LogP contribution in [-0.4, -0.2) is 6.04 Å². The summed E-state index contributed by atoms with van der Waals surface area (Å²) in [6.07, 6.45) is 1.19. The largest absolute Gasteiger partial charge is 0.308 e. The van der Waals surface area contributed by atoms with Crippen LogP contribution in [0.25, 0.3) is 0 Å². The molecule has 2 unspecified atom stereocenters. The summed E-state index contributed by atoms with van der Waals surface area (Å²) in [7, 11) is 0. The van der Waals surface area contributed by atoms with Crippen molar-refractivity contribution in [1.29, 1.82) is 0 Å². The molecule has 1 aromatic rings. The molecule has 2 heteroatoms. The van der Waals surface area contributed by atoms with Gasteiger partial charge in [-0.1, -0.05) is 6.92 Å². The maximum absolute atomic E-state index is 3.54. The molecule has 0 aliphatic carbocycles. The highest BCUT2D eigenvalue weighted by Crippen LogP contribution is 2.16. The summed E-state index contributed by atoms with van der Waals surface area (Å²) < 4.78 is 0. The molecule has 0 radical (unpaired) electrons. The van der Waals surface area contributed by atoms with Crippen LogP contribution >= 0.6 is 11.3 Å². The number of rotatable bonds is 4. The highest BCUT2D eigenvalue weighted by atomic mass is 32.1. The molecule has 0 amide bonds. The van der Waals surface area contributed by atoms with Crippen LogP contribution in [0, 0.1) is 0 Å². The average molecular weight is 183 g/mol. The Balaban J connectivity index is 2.44. The molecule has 0 fully saturated rings. The van der Waals surface area contributed by atoms with Crippen LogP contribution in [0.15, 0.2) is 16.8 Å². The molecular weight excluding hydrogens is 166 g/mol. The second kappa shape index (κ2) is 4.63. The Morgan fingerprint density at radius 3 is 2.75 bits per heavy atom. The van der Waals surface area contributed by atoms with E-state index in [2.05, 4.69) is 42.9 Å². The van der Waals surface area contributed by atoms with Gasteiger partial charge in [-0.3, -0.25) is 0 Å². The van der Waals surface area contributed by atoms with Crippen molar-refractivity contribution >= 4 is 11.3 Å². The zero-order valence-electron chi connectivity index (χ0n) is 8.00. The van der Waals surface area contributed by atoms with Gasteiger partial charge in [0.05, 0.1) is 0 Å². The van der Waals surface area contributed by atoms with Crippen molar-refractivity contribution in [3.8, 4) is 0 Å². The first-order valence-corrected chi connectivity index (χ1v) is 5.46. The van der Waals surface area contributed by atoms with Crippen LogP contribution in [0.3, 0.4) is 0 Å². The van der Waals surface area contributed by atoms with Gasteiger partial charge in [0.15, 0.2) is 0 Å². The lowest BCUT2D eigenvalue weighted by molar-refractivity contribution is 0.470. The van der Waals surface area contributed by atoms with E-state index in [1.54, 1.807) is 11.3 Å². The van der Waals surface area contributed by atoms with Gasteiger partial charge >= 0.3 is 0 Å². The zero-order valence-corrected chi connectivity index (χ0v) is 8.82. The normalized spacial score (nSPS) is 15.9. The molecule has 0 spiro atoms. The van der Waals surface area contributed by atoms with Crippen LogP contribution in [0.4, 0.5) is 0 Å². The number of hydrogen-bond donors (Lipinski definition) is 1.